The first-order valence-electron chi connectivity index (χ1n) is 3.37. The van der Waals surface area contributed by atoms with Gasteiger partial charge in [0.15, 0.2) is 5.78 Å². The zero-order valence-electron chi connectivity index (χ0n) is 6.60. The van der Waals surface area contributed by atoms with Gasteiger partial charge in [0, 0.05) is 5.20 Å². The lowest BCUT2D eigenvalue weighted by molar-refractivity contribution is -0.116. The minimum Gasteiger partial charge on any atom is -0.493 e. The van der Waals surface area contributed by atoms with Gasteiger partial charge in [-0.2, -0.15) is 0 Å². The van der Waals surface area contributed by atoms with Crippen LogP contribution in [0.3, 0.4) is 0 Å². The molecule has 2 nitrogen and oxygen atoms in total. The Morgan fingerprint density at radius 2 is 2.10 bits per heavy atom. The number of ether oxygens (including phenoxy) is 1. The zero-order valence-corrected chi connectivity index (χ0v) is 7.60. The second-order valence-corrected chi connectivity index (χ2v) is 8.55. The van der Waals surface area contributed by atoms with Crippen LogP contribution in [0.4, 0.5) is 0 Å². The van der Waals surface area contributed by atoms with Gasteiger partial charge in [-0.25, -0.2) is 0 Å². The number of carbonyl (C=O) groups excluding carboxylic acids is 1. The fraction of sp³-hybridized carbons (Fsp3) is 0.571. The van der Waals surface area contributed by atoms with Gasteiger partial charge >= 0.3 is 0 Å². The number of hydrogen-bond acceptors (Lipinski definition) is 2. The molecule has 0 bridgehead atoms. The van der Waals surface area contributed by atoms with Crippen LogP contribution in [-0.2, 0) is 9.53 Å². The Labute approximate surface area is 61.9 Å². The lowest BCUT2D eigenvalue weighted by Gasteiger charge is -2.13. The van der Waals surface area contributed by atoms with Crippen LogP contribution in [0.1, 0.15) is 0 Å². The van der Waals surface area contributed by atoms with Gasteiger partial charge < -0.3 is 4.74 Å². The molecule has 0 N–H and O–H groups in total. The van der Waals surface area contributed by atoms with E-state index in [1.54, 1.807) is 6.26 Å². The van der Waals surface area contributed by atoms with Crippen LogP contribution in [-0.4, -0.2) is 20.5 Å². The van der Waals surface area contributed by atoms with E-state index in [1.807, 2.05) is 0 Å². The molecule has 0 aromatic heterocycles. The van der Waals surface area contributed by atoms with E-state index >= 15 is 0 Å². The normalized spacial score (nSPS) is 18.7. The molecule has 0 atom stereocenters. The Kier molecular flexibility index (Phi) is 1.68. The van der Waals surface area contributed by atoms with Gasteiger partial charge in [0.05, 0.1) is 14.3 Å². The maximum absolute atomic E-state index is 11.1. The molecule has 0 amide bonds. The third kappa shape index (κ3) is 1.29. The lowest BCUT2D eigenvalue weighted by Crippen LogP contribution is -2.28. The molecule has 0 aromatic rings. The molecular weight excluding hydrogens is 144 g/mol. The van der Waals surface area contributed by atoms with E-state index in [-0.39, 0.29) is 12.4 Å². The van der Waals surface area contributed by atoms with Gasteiger partial charge in [0.1, 0.15) is 6.61 Å². The van der Waals surface area contributed by atoms with Crippen molar-refractivity contribution in [2.45, 2.75) is 19.6 Å². The maximum Gasteiger partial charge on any atom is 0.195 e. The minimum atomic E-state index is -1.40. The molecular formula is C7H12O2Si. The highest BCUT2D eigenvalue weighted by Gasteiger charge is 2.29. The van der Waals surface area contributed by atoms with Gasteiger partial charge in [-0.1, -0.05) is 19.6 Å². The van der Waals surface area contributed by atoms with E-state index in [0.29, 0.717) is 0 Å². The highest BCUT2D eigenvalue weighted by molar-refractivity contribution is 6.87. The average molecular weight is 156 g/mol. The summed E-state index contributed by atoms with van der Waals surface area (Å²) in [5.41, 5.74) is 0. The summed E-state index contributed by atoms with van der Waals surface area (Å²) in [6.07, 6.45) is 1.63. The van der Waals surface area contributed by atoms with Crippen molar-refractivity contribution in [3.8, 4) is 0 Å². The average Bonchev–Trinajstić information content (AvgIpc) is 2.11. The molecule has 3 heteroatoms. The standard InChI is InChI=1S/C7H12O2Si/c1-10(2,3)7-5-9-4-6(7)8/h5H,4H2,1-3H3. The van der Waals surface area contributed by atoms with Crippen molar-refractivity contribution >= 4 is 13.9 Å². The summed E-state index contributed by atoms with van der Waals surface area (Å²) < 4.78 is 4.92. The van der Waals surface area contributed by atoms with E-state index in [2.05, 4.69) is 19.6 Å². The Morgan fingerprint density at radius 1 is 1.50 bits per heavy atom. The van der Waals surface area contributed by atoms with Crippen LogP contribution in [0.15, 0.2) is 11.5 Å². The second kappa shape index (κ2) is 2.23. The summed E-state index contributed by atoms with van der Waals surface area (Å²) in [4.78, 5) is 11.1. The second-order valence-electron chi connectivity index (χ2n) is 3.52. The minimum absolute atomic E-state index is 0.180. The Bertz CT molecular complexity index is 188. The molecule has 1 aliphatic heterocycles. The molecule has 1 rings (SSSR count). The van der Waals surface area contributed by atoms with Crippen molar-refractivity contribution in [3.63, 3.8) is 0 Å². The quantitative estimate of drug-likeness (QED) is 0.536. The number of rotatable bonds is 1. The third-order valence-electron chi connectivity index (χ3n) is 1.52. The molecule has 0 unspecified atom stereocenters. The number of hydrogen-bond donors (Lipinski definition) is 0. The van der Waals surface area contributed by atoms with Crippen LogP contribution in [0.5, 0.6) is 0 Å². The molecule has 1 aliphatic rings. The topological polar surface area (TPSA) is 26.3 Å². The van der Waals surface area contributed by atoms with Gasteiger partial charge in [0.25, 0.3) is 0 Å². The Hall–Kier alpha value is -0.573. The fourth-order valence-corrected chi connectivity index (χ4v) is 2.28. The molecule has 10 heavy (non-hydrogen) atoms. The van der Waals surface area contributed by atoms with Gasteiger partial charge in [-0.15, -0.1) is 0 Å². The number of carbonyl (C=O) groups is 1. The number of ketones is 1. The van der Waals surface area contributed by atoms with Crippen molar-refractivity contribution in [1.29, 1.82) is 0 Å². The molecule has 1 heterocycles. The van der Waals surface area contributed by atoms with Crippen LogP contribution >= 0.6 is 0 Å². The van der Waals surface area contributed by atoms with Gasteiger partial charge in [-0.3, -0.25) is 4.79 Å². The van der Waals surface area contributed by atoms with Crippen molar-refractivity contribution in [2.75, 3.05) is 6.61 Å². The first-order valence-corrected chi connectivity index (χ1v) is 6.87. The third-order valence-corrected chi connectivity index (χ3v) is 3.54. The lowest BCUT2D eigenvalue weighted by atomic mass is 10.4. The first kappa shape index (κ1) is 7.53. The van der Waals surface area contributed by atoms with E-state index in [4.69, 9.17) is 4.74 Å². The summed E-state index contributed by atoms with van der Waals surface area (Å²) in [7, 11) is -1.40. The largest absolute Gasteiger partial charge is 0.493 e. The van der Waals surface area contributed by atoms with Crippen LogP contribution in [0, 0.1) is 0 Å². The summed E-state index contributed by atoms with van der Waals surface area (Å²) in [6, 6.07) is 0. The summed E-state index contributed by atoms with van der Waals surface area (Å²) >= 11 is 0. The predicted octanol–water partition coefficient (Wildman–Crippen LogP) is 1.35. The Balaban J connectivity index is 2.82. The molecule has 0 fully saturated rings. The first-order chi connectivity index (χ1) is 4.52. The van der Waals surface area contributed by atoms with Crippen LogP contribution in [0.25, 0.3) is 0 Å². The van der Waals surface area contributed by atoms with Gasteiger partial charge in [-0.05, 0) is 0 Å². The summed E-state index contributed by atoms with van der Waals surface area (Å²) in [6.45, 7) is 6.70. The van der Waals surface area contributed by atoms with Crippen molar-refractivity contribution in [1.82, 2.24) is 0 Å². The van der Waals surface area contributed by atoms with E-state index < -0.39 is 8.07 Å². The van der Waals surface area contributed by atoms with Crippen LogP contribution in [0.2, 0.25) is 19.6 Å². The van der Waals surface area contributed by atoms with Gasteiger partial charge in [0.2, 0.25) is 0 Å². The van der Waals surface area contributed by atoms with E-state index in [9.17, 15) is 4.79 Å². The molecule has 0 spiro atoms. The predicted molar refractivity (Wildman–Crippen MR) is 42.4 cm³/mol. The molecule has 0 saturated heterocycles. The monoisotopic (exact) mass is 156 g/mol. The molecule has 0 aromatic carbocycles. The van der Waals surface area contributed by atoms with Crippen LogP contribution < -0.4 is 0 Å². The van der Waals surface area contributed by atoms with E-state index in [0.717, 1.165) is 5.20 Å². The highest BCUT2D eigenvalue weighted by Crippen LogP contribution is 2.19. The zero-order chi connectivity index (χ0) is 7.78. The maximum atomic E-state index is 11.1. The summed E-state index contributed by atoms with van der Waals surface area (Å²) in [5, 5.41) is 0.938. The highest BCUT2D eigenvalue weighted by atomic mass is 28.3. The SMILES string of the molecule is C[Si](C)(C)C1=COCC1=O. The van der Waals surface area contributed by atoms with Crippen molar-refractivity contribution < 1.29 is 9.53 Å². The molecule has 0 radical (unpaired) electrons. The fourth-order valence-electron chi connectivity index (χ4n) is 0.939. The van der Waals surface area contributed by atoms with E-state index in [1.165, 1.54) is 0 Å². The van der Waals surface area contributed by atoms with Crippen molar-refractivity contribution in [3.05, 3.63) is 11.5 Å². The Morgan fingerprint density at radius 3 is 2.30 bits per heavy atom. The summed E-state index contributed by atoms with van der Waals surface area (Å²) in [5.74, 6) is 0.180. The number of Topliss-reactive ketones (excluding diaryl/α,β-unsaturated/α-hetero) is 1. The van der Waals surface area contributed by atoms with Crippen molar-refractivity contribution in [2.24, 2.45) is 0 Å². The smallest absolute Gasteiger partial charge is 0.195 e. The molecule has 56 valence electrons. The molecule has 0 saturated carbocycles. The molecule has 0 aliphatic carbocycles.